The predicted octanol–water partition coefficient (Wildman–Crippen LogP) is -0.313. The van der Waals surface area contributed by atoms with Crippen molar-refractivity contribution in [3.63, 3.8) is 0 Å². The van der Waals surface area contributed by atoms with Gasteiger partial charge in [-0.1, -0.05) is 12.1 Å². The standard InChI is InChI=1S/C16H14N4O3/c1-23-14-8-9(5-6-13(14)21)7-12-15(22)18-16-17-10-3-2-4-11(10)19-20(12)16/h3,5-8,21H,2,4H2,1H3,(H,17,18,22)/b12-7-. The number of rotatable bonds is 2. The third kappa shape index (κ3) is 2.17. The Hall–Kier alpha value is -3.09. The molecule has 2 aromatic heterocycles. The number of methoxy groups -OCH3 is 1. The maximum absolute atomic E-state index is 12.2. The van der Waals surface area contributed by atoms with E-state index in [0.717, 1.165) is 29.4 Å². The van der Waals surface area contributed by atoms with E-state index in [1.807, 2.05) is 6.08 Å². The van der Waals surface area contributed by atoms with E-state index in [1.54, 1.807) is 18.2 Å². The Morgan fingerprint density at radius 3 is 3.13 bits per heavy atom. The Kier molecular flexibility index (Phi) is 2.94. The van der Waals surface area contributed by atoms with Crippen molar-refractivity contribution < 1.29 is 9.84 Å². The first-order valence-corrected chi connectivity index (χ1v) is 7.22. The van der Waals surface area contributed by atoms with Crippen LogP contribution in [0.2, 0.25) is 0 Å². The van der Waals surface area contributed by atoms with Crippen molar-refractivity contribution in [1.29, 1.82) is 0 Å². The molecule has 1 aliphatic carbocycles. The summed E-state index contributed by atoms with van der Waals surface area (Å²) in [7, 11) is 1.48. The number of fused-ring (bicyclic) bond motifs is 2. The smallest absolute Gasteiger partial charge is 0.276 e. The summed E-state index contributed by atoms with van der Waals surface area (Å²) in [4.78, 5) is 19.4. The highest BCUT2D eigenvalue weighted by Gasteiger charge is 2.11. The molecule has 0 radical (unpaired) electrons. The fourth-order valence-electron chi connectivity index (χ4n) is 2.71. The average molecular weight is 310 g/mol. The highest BCUT2D eigenvalue weighted by Crippen LogP contribution is 2.26. The molecule has 116 valence electrons. The van der Waals surface area contributed by atoms with Crippen molar-refractivity contribution in [1.82, 2.24) is 19.6 Å². The SMILES string of the molecule is COc1cc(/C=c2/c(=O)[nH]c3nc4c(nn23)CCC=4)ccc1O. The number of aromatic amines is 1. The molecule has 1 aliphatic rings. The van der Waals surface area contributed by atoms with Crippen LogP contribution in [0.4, 0.5) is 0 Å². The topological polar surface area (TPSA) is 92.5 Å². The van der Waals surface area contributed by atoms with Gasteiger partial charge in [-0.2, -0.15) is 9.61 Å². The normalized spacial score (nSPS) is 14.0. The van der Waals surface area contributed by atoms with Gasteiger partial charge in [-0.05, 0) is 36.6 Å². The van der Waals surface area contributed by atoms with E-state index in [9.17, 15) is 9.90 Å². The lowest BCUT2D eigenvalue weighted by atomic mass is 10.2. The molecule has 0 unspecified atom stereocenters. The lowest BCUT2D eigenvalue weighted by Gasteiger charge is -2.03. The molecule has 1 aromatic carbocycles. The number of nitrogens with one attached hydrogen (secondary N) is 1. The quantitative estimate of drug-likeness (QED) is 0.677. The molecule has 0 atom stereocenters. The van der Waals surface area contributed by atoms with Crippen molar-refractivity contribution in [2.24, 2.45) is 0 Å². The van der Waals surface area contributed by atoms with Gasteiger partial charge in [-0.25, -0.2) is 4.98 Å². The Morgan fingerprint density at radius 1 is 1.43 bits per heavy atom. The summed E-state index contributed by atoms with van der Waals surface area (Å²) in [6, 6.07) is 4.88. The molecule has 7 heteroatoms. The Morgan fingerprint density at radius 2 is 2.30 bits per heavy atom. The number of nitrogens with zero attached hydrogens (tertiary/aromatic N) is 3. The van der Waals surface area contributed by atoms with E-state index in [-0.39, 0.29) is 11.3 Å². The second kappa shape index (κ2) is 4.98. The number of hydrogen-bond acceptors (Lipinski definition) is 5. The predicted molar refractivity (Wildman–Crippen MR) is 83.9 cm³/mol. The first kappa shape index (κ1) is 13.6. The summed E-state index contributed by atoms with van der Waals surface area (Å²) in [6.45, 7) is 0. The summed E-state index contributed by atoms with van der Waals surface area (Å²) in [5.74, 6) is 0.813. The van der Waals surface area contributed by atoms with E-state index in [0.29, 0.717) is 16.9 Å². The van der Waals surface area contributed by atoms with Gasteiger partial charge in [-0.3, -0.25) is 9.78 Å². The third-order valence-corrected chi connectivity index (χ3v) is 3.86. The lowest BCUT2D eigenvalue weighted by Crippen LogP contribution is -2.28. The van der Waals surface area contributed by atoms with E-state index >= 15 is 0 Å². The maximum atomic E-state index is 12.2. The van der Waals surface area contributed by atoms with Gasteiger partial charge in [0, 0.05) is 0 Å². The Bertz CT molecular complexity index is 1090. The van der Waals surface area contributed by atoms with Crippen LogP contribution in [0, 0.1) is 0 Å². The number of benzene rings is 1. The first-order valence-electron chi connectivity index (χ1n) is 7.22. The van der Waals surface area contributed by atoms with E-state index in [4.69, 9.17) is 4.74 Å². The molecular weight excluding hydrogens is 296 g/mol. The first-order chi connectivity index (χ1) is 11.2. The number of H-pyrrole nitrogens is 1. The molecule has 0 fully saturated rings. The zero-order valence-corrected chi connectivity index (χ0v) is 12.4. The molecule has 7 nitrogen and oxygen atoms in total. The van der Waals surface area contributed by atoms with Gasteiger partial charge in [0.15, 0.2) is 11.5 Å². The van der Waals surface area contributed by atoms with Gasteiger partial charge < -0.3 is 9.84 Å². The zero-order valence-electron chi connectivity index (χ0n) is 12.4. The second-order valence-corrected chi connectivity index (χ2v) is 5.34. The Balaban J connectivity index is 1.97. The molecule has 2 heterocycles. The van der Waals surface area contributed by atoms with E-state index in [2.05, 4.69) is 15.1 Å². The zero-order chi connectivity index (χ0) is 16.0. The van der Waals surface area contributed by atoms with Crippen molar-refractivity contribution >= 4 is 17.9 Å². The molecule has 23 heavy (non-hydrogen) atoms. The maximum Gasteiger partial charge on any atom is 0.276 e. The van der Waals surface area contributed by atoms with E-state index < -0.39 is 0 Å². The fourth-order valence-corrected chi connectivity index (χ4v) is 2.71. The Labute approximate surface area is 130 Å². The van der Waals surface area contributed by atoms with Gasteiger partial charge in [0.1, 0.15) is 5.35 Å². The number of aryl methyl sites for hydroxylation is 1. The molecule has 0 amide bonds. The van der Waals surface area contributed by atoms with Crippen LogP contribution >= 0.6 is 0 Å². The molecule has 2 N–H and O–H groups in total. The van der Waals surface area contributed by atoms with E-state index in [1.165, 1.54) is 17.7 Å². The molecular formula is C16H14N4O3. The van der Waals surface area contributed by atoms with Crippen molar-refractivity contribution in [2.45, 2.75) is 12.8 Å². The molecule has 0 saturated heterocycles. The van der Waals surface area contributed by atoms with Crippen LogP contribution in [0.15, 0.2) is 23.0 Å². The number of ether oxygens (including phenoxy) is 1. The molecule has 0 saturated carbocycles. The largest absolute Gasteiger partial charge is 0.504 e. The van der Waals surface area contributed by atoms with Crippen LogP contribution in [0.25, 0.3) is 17.9 Å². The highest BCUT2D eigenvalue weighted by atomic mass is 16.5. The van der Waals surface area contributed by atoms with Crippen molar-refractivity contribution in [3.8, 4) is 11.5 Å². The summed E-state index contributed by atoms with van der Waals surface area (Å²) in [6.07, 6.45) is 5.45. The van der Waals surface area contributed by atoms with Crippen LogP contribution in [-0.2, 0) is 6.42 Å². The number of phenols is 1. The summed E-state index contributed by atoms with van der Waals surface area (Å²) < 4.78 is 6.62. The molecule has 3 aromatic rings. The van der Waals surface area contributed by atoms with Gasteiger partial charge in [0.2, 0.25) is 5.78 Å². The number of aromatic nitrogens is 4. The van der Waals surface area contributed by atoms with Gasteiger partial charge in [0.25, 0.3) is 5.56 Å². The summed E-state index contributed by atoms with van der Waals surface area (Å²) in [5, 5.41) is 15.4. The summed E-state index contributed by atoms with van der Waals surface area (Å²) >= 11 is 0. The minimum absolute atomic E-state index is 0.0479. The molecule has 0 bridgehead atoms. The van der Waals surface area contributed by atoms with Crippen LogP contribution < -0.4 is 21.0 Å². The van der Waals surface area contributed by atoms with Crippen molar-refractivity contribution in [3.05, 3.63) is 50.5 Å². The lowest BCUT2D eigenvalue weighted by molar-refractivity contribution is 0.373. The van der Waals surface area contributed by atoms with Crippen LogP contribution in [-0.4, -0.2) is 31.8 Å². The number of phenolic OH excluding ortho intramolecular Hbond substituents is 1. The molecule has 0 aliphatic heterocycles. The average Bonchev–Trinajstić information content (AvgIpc) is 3.11. The fraction of sp³-hybridized carbons (Fsp3) is 0.188. The van der Waals surface area contributed by atoms with Gasteiger partial charge in [-0.15, -0.1) is 0 Å². The number of aromatic hydroxyl groups is 1. The van der Waals surface area contributed by atoms with Gasteiger partial charge in [0.05, 0.1) is 18.2 Å². The van der Waals surface area contributed by atoms with Crippen LogP contribution in [0.3, 0.4) is 0 Å². The second-order valence-electron chi connectivity index (χ2n) is 5.34. The van der Waals surface area contributed by atoms with Crippen LogP contribution in [0.5, 0.6) is 11.5 Å². The van der Waals surface area contributed by atoms with Gasteiger partial charge >= 0.3 is 0 Å². The molecule has 0 spiro atoms. The highest BCUT2D eigenvalue weighted by molar-refractivity contribution is 5.55. The number of imidazole rings is 1. The minimum Gasteiger partial charge on any atom is -0.504 e. The summed E-state index contributed by atoms with van der Waals surface area (Å²) in [5.41, 5.74) is 1.35. The minimum atomic E-state index is -0.263. The van der Waals surface area contributed by atoms with Crippen molar-refractivity contribution in [2.75, 3.05) is 7.11 Å². The number of hydrogen-bond donors (Lipinski definition) is 2. The monoisotopic (exact) mass is 310 g/mol. The van der Waals surface area contributed by atoms with Crippen LogP contribution in [0.1, 0.15) is 17.7 Å². The molecule has 4 rings (SSSR count). The third-order valence-electron chi connectivity index (χ3n) is 3.86.